The maximum absolute atomic E-state index is 10.6. The summed E-state index contributed by atoms with van der Waals surface area (Å²) < 4.78 is 0. The molecule has 0 bridgehead atoms. The monoisotopic (exact) mass is 284 g/mol. The topological polar surface area (TPSA) is 41.1 Å². The van der Waals surface area contributed by atoms with Gasteiger partial charge in [-0.1, -0.05) is 35.4 Å². The molecule has 1 amide bonds. The number of hydrogen-bond donors (Lipinski definition) is 2. The number of carbonyl (C=O) groups is 1. The van der Waals surface area contributed by atoms with Crippen LogP contribution >= 0.6 is 0 Å². The van der Waals surface area contributed by atoms with Gasteiger partial charge in [-0.05, 0) is 45.0 Å². The molecule has 3 nitrogen and oxygen atoms in total. The smallest absolute Gasteiger partial charge is 0.221 e. The molecule has 0 aliphatic rings. The van der Waals surface area contributed by atoms with E-state index >= 15 is 0 Å². The van der Waals surface area contributed by atoms with Gasteiger partial charge in [-0.3, -0.25) is 4.79 Å². The van der Waals surface area contributed by atoms with Crippen LogP contribution in [0.3, 0.4) is 0 Å². The number of carbonyl (C=O) groups excluding carboxylic acids is 1. The number of anilines is 2. The van der Waals surface area contributed by atoms with Crippen LogP contribution in [-0.2, 0) is 4.79 Å². The Labute approximate surface area is 127 Å². The third-order valence-corrected chi connectivity index (χ3v) is 2.80. The molecule has 0 aliphatic carbocycles. The Morgan fingerprint density at radius 3 is 1.67 bits per heavy atom. The highest BCUT2D eigenvalue weighted by atomic mass is 16.1. The summed E-state index contributed by atoms with van der Waals surface area (Å²) in [5.74, 6) is -0.0335. The largest absolute Gasteiger partial charge is 0.385 e. The molecule has 0 aliphatic heterocycles. The molecule has 0 aromatic heterocycles. The lowest BCUT2D eigenvalue weighted by molar-refractivity contribution is -0.114. The molecule has 2 aromatic rings. The third kappa shape index (κ3) is 7.16. The first kappa shape index (κ1) is 16.8. The van der Waals surface area contributed by atoms with Crippen LogP contribution < -0.4 is 10.6 Å². The molecule has 0 atom stereocenters. The average molecular weight is 284 g/mol. The Balaban J connectivity index is 0.000000211. The van der Waals surface area contributed by atoms with Crippen LogP contribution in [0.15, 0.2) is 48.5 Å². The molecule has 21 heavy (non-hydrogen) atoms. The molecule has 0 heterocycles. The van der Waals surface area contributed by atoms with Crippen LogP contribution in [0.2, 0.25) is 0 Å². The zero-order chi connectivity index (χ0) is 15.7. The summed E-state index contributed by atoms with van der Waals surface area (Å²) in [6.45, 7) is 8.69. The molecule has 2 N–H and O–H groups in total. The molecule has 112 valence electrons. The second-order valence-corrected chi connectivity index (χ2v) is 4.94. The maximum atomic E-state index is 10.6. The highest BCUT2D eigenvalue weighted by Crippen LogP contribution is 2.08. The Kier molecular flexibility index (Phi) is 7.02. The predicted octanol–water partition coefficient (Wildman–Crippen LogP) is 4.38. The van der Waals surface area contributed by atoms with Crippen LogP contribution in [0.5, 0.6) is 0 Å². The van der Waals surface area contributed by atoms with E-state index in [2.05, 4.69) is 48.7 Å². The van der Waals surface area contributed by atoms with E-state index in [1.54, 1.807) is 0 Å². The summed E-state index contributed by atoms with van der Waals surface area (Å²) in [7, 11) is 0. The molecule has 3 heteroatoms. The summed E-state index contributed by atoms with van der Waals surface area (Å²) in [5.41, 5.74) is 4.55. The molecule has 2 aromatic carbocycles. The van der Waals surface area contributed by atoms with E-state index in [9.17, 15) is 4.79 Å². The molecule has 2 rings (SSSR count). The van der Waals surface area contributed by atoms with Crippen molar-refractivity contribution in [2.75, 3.05) is 17.2 Å². The van der Waals surface area contributed by atoms with E-state index in [0.717, 1.165) is 12.2 Å². The highest BCUT2D eigenvalue weighted by Gasteiger charge is 1.92. The first-order valence-corrected chi connectivity index (χ1v) is 7.16. The first-order valence-electron chi connectivity index (χ1n) is 7.16. The van der Waals surface area contributed by atoms with E-state index in [-0.39, 0.29) is 5.91 Å². The SMILES string of the molecule is CC(=O)Nc1ccc(C)cc1.CCNc1ccc(C)cc1. The molecular formula is C18H24N2O. The van der Waals surface area contributed by atoms with Gasteiger partial charge >= 0.3 is 0 Å². The van der Waals surface area contributed by atoms with Gasteiger partial charge in [0.05, 0.1) is 0 Å². The lowest BCUT2D eigenvalue weighted by atomic mass is 10.2. The van der Waals surface area contributed by atoms with E-state index in [4.69, 9.17) is 0 Å². The number of benzene rings is 2. The number of rotatable bonds is 3. The Bertz CT molecular complexity index is 544. The molecule has 0 saturated carbocycles. The maximum Gasteiger partial charge on any atom is 0.221 e. The molecular weight excluding hydrogens is 260 g/mol. The third-order valence-electron chi connectivity index (χ3n) is 2.80. The zero-order valence-corrected chi connectivity index (χ0v) is 13.2. The van der Waals surface area contributed by atoms with Crippen molar-refractivity contribution in [1.82, 2.24) is 0 Å². The van der Waals surface area contributed by atoms with Gasteiger partial charge in [-0.15, -0.1) is 0 Å². The van der Waals surface area contributed by atoms with Gasteiger partial charge < -0.3 is 10.6 Å². The Morgan fingerprint density at radius 1 is 0.857 bits per heavy atom. The van der Waals surface area contributed by atoms with Gasteiger partial charge in [-0.2, -0.15) is 0 Å². The van der Waals surface area contributed by atoms with Gasteiger partial charge in [0.25, 0.3) is 0 Å². The van der Waals surface area contributed by atoms with Crippen molar-refractivity contribution in [3.05, 3.63) is 59.7 Å². The van der Waals surface area contributed by atoms with Gasteiger partial charge in [0.2, 0.25) is 5.91 Å². The summed E-state index contributed by atoms with van der Waals surface area (Å²) in [4.78, 5) is 10.6. The average Bonchev–Trinajstić information content (AvgIpc) is 2.44. The standard InChI is InChI=1S/C9H11NO.C9H13N/c1-7-3-5-9(6-4-7)10-8(2)11;1-3-10-9-6-4-8(2)5-7-9/h3-6H,1-2H3,(H,10,11);4-7,10H,3H2,1-2H3. The summed E-state index contributed by atoms with van der Waals surface area (Å²) in [6, 6.07) is 16.1. The van der Waals surface area contributed by atoms with E-state index < -0.39 is 0 Å². The number of aryl methyl sites for hydroxylation is 2. The van der Waals surface area contributed by atoms with Crippen molar-refractivity contribution in [3.63, 3.8) is 0 Å². The zero-order valence-electron chi connectivity index (χ0n) is 13.2. The van der Waals surface area contributed by atoms with Crippen LogP contribution in [-0.4, -0.2) is 12.5 Å². The second-order valence-electron chi connectivity index (χ2n) is 4.94. The van der Waals surface area contributed by atoms with E-state index in [1.807, 2.05) is 31.2 Å². The number of hydrogen-bond acceptors (Lipinski definition) is 2. The number of amides is 1. The molecule has 0 saturated heterocycles. The Morgan fingerprint density at radius 2 is 1.29 bits per heavy atom. The first-order chi connectivity index (χ1) is 10.0. The van der Waals surface area contributed by atoms with E-state index in [1.165, 1.54) is 23.7 Å². The fourth-order valence-electron chi connectivity index (χ4n) is 1.72. The van der Waals surface area contributed by atoms with Gasteiger partial charge in [0.15, 0.2) is 0 Å². The lowest BCUT2D eigenvalue weighted by Gasteiger charge is -2.01. The van der Waals surface area contributed by atoms with Crippen LogP contribution in [0, 0.1) is 13.8 Å². The quantitative estimate of drug-likeness (QED) is 0.878. The lowest BCUT2D eigenvalue weighted by Crippen LogP contribution is -2.05. The van der Waals surface area contributed by atoms with Crippen molar-refractivity contribution in [3.8, 4) is 0 Å². The highest BCUT2D eigenvalue weighted by molar-refractivity contribution is 5.88. The van der Waals surface area contributed by atoms with Gasteiger partial charge in [0, 0.05) is 24.8 Å². The van der Waals surface area contributed by atoms with Crippen molar-refractivity contribution in [2.45, 2.75) is 27.7 Å². The molecule has 0 unspecified atom stereocenters. The number of nitrogens with one attached hydrogen (secondary N) is 2. The van der Waals surface area contributed by atoms with E-state index in [0.29, 0.717) is 0 Å². The predicted molar refractivity (Wildman–Crippen MR) is 90.8 cm³/mol. The molecule has 0 fully saturated rings. The van der Waals surface area contributed by atoms with Crippen LogP contribution in [0.4, 0.5) is 11.4 Å². The van der Waals surface area contributed by atoms with Crippen molar-refractivity contribution >= 4 is 17.3 Å². The minimum atomic E-state index is -0.0335. The minimum absolute atomic E-state index is 0.0335. The fourth-order valence-corrected chi connectivity index (χ4v) is 1.72. The second kappa shape index (κ2) is 8.80. The van der Waals surface area contributed by atoms with Crippen LogP contribution in [0.25, 0.3) is 0 Å². The molecule has 0 radical (unpaired) electrons. The summed E-state index contributed by atoms with van der Waals surface area (Å²) in [6.07, 6.45) is 0. The minimum Gasteiger partial charge on any atom is -0.385 e. The fraction of sp³-hybridized carbons (Fsp3) is 0.278. The van der Waals surface area contributed by atoms with Gasteiger partial charge in [0.1, 0.15) is 0 Å². The summed E-state index contributed by atoms with van der Waals surface area (Å²) >= 11 is 0. The summed E-state index contributed by atoms with van der Waals surface area (Å²) in [5, 5.41) is 5.93. The Hall–Kier alpha value is -2.29. The van der Waals surface area contributed by atoms with Crippen molar-refractivity contribution in [1.29, 1.82) is 0 Å². The van der Waals surface area contributed by atoms with Crippen molar-refractivity contribution < 1.29 is 4.79 Å². The molecule has 0 spiro atoms. The van der Waals surface area contributed by atoms with Crippen molar-refractivity contribution in [2.24, 2.45) is 0 Å². The van der Waals surface area contributed by atoms with Gasteiger partial charge in [-0.25, -0.2) is 0 Å². The normalized spacial score (nSPS) is 9.33. The van der Waals surface area contributed by atoms with Crippen LogP contribution in [0.1, 0.15) is 25.0 Å².